The summed E-state index contributed by atoms with van der Waals surface area (Å²) in [6.45, 7) is 2.64. The molecule has 3 aromatic rings. The van der Waals surface area contributed by atoms with Gasteiger partial charge in [-0.3, -0.25) is 9.59 Å². The van der Waals surface area contributed by atoms with E-state index in [-0.39, 0.29) is 18.4 Å². The van der Waals surface area contributed by atoms with E-state index >= 15 is 0 Å². The van der Waals surface area contributed by atoms with Crippen LogP contribution in [0.4, 0.5) is 11.4 Å². The Morgan fingerprint density at radius 1 is 0.968 bits per heavy atom. The first-order valence-electron chi connectivity index (χ1n) is 10.5. The summed E-state index contributed by atoms with van der Waals surface area (Å²) in [6.07, 6.45) is 1.83. The lowest BCUT2D eigenvalue weighted by molar-refractivity contribution is -0.121. The van der Waals surface area contributed by atoms with Gasteiger partial charge in [-0.15, -0.1) is 0 Å². The third-order valence-electron chi connectivity index (χ3n) is 5.41. The minimum Gasteiger partial charge on any atom is -0.482 e. The Labute approximate surface area is 182 Å². The Bertz CT molecular complexity index is 1060. The second-order valence-corrected chi connectivity index (χ2v) is 7.79. The van der Waals surface area contributed by atoms with Crippen LogP contribution >= 0.6 is 0 Å². The summed E-state index contributed by atoms with van der Waals surface area (Å²) in [7, 11) is 0. The number of amides is 2. The molecule has 1 heterocycles. The molecule has 0 aliphatic carbocycles. The molecule has 2 amide bonds. The zero-order chi connectivity index (χ0) is 21.6. The van der Waals surface area contributed by atoms with E-state index in [0.29, 0.717) is 36.5 Å². The number of aryl methyl sites for hydroxylation is 2. The highest BCUT2D eigenvalue weighted by atomic mass is 16.5. The van der Waals surface area contributed by atoms with E-state index in [4.69, 9.17) is 4.74 Å². The van der Waals surface area contributed by atoms with Crippen LogP contribution in [0.3, 0.4) is 0 Å². The van der Waals surface area contributed by atoms with E-state index in [0.717, 1.165) is 12.0 Å². The summed E-state index contributed by atoms with van der Waals surface area (Å²) in [5.41, 5.74) is 4.87. The van der Waals surface area contributed by atoms with Gasteiger partial charge >= 0.3 is 0 Å². The molecule has 0 saturated carbocycles. The number of hydrogen-bond donors (Lipinski definition) is 1. The van der Waals surface area contributed by atoms with E-state index in [1.54, 1.807) is 4.90 Å². The van der Waals surface area contributed by atoms with Gasteiger partial charge in [-0.05, 0) is 49.1 Å². The van der Waals surface area contributed by atoms with Crippen molar-refractivity contribution < 1.29 is 14.3 Å². The molecule has 0 spiro atoms. The van der Waals surface area contributed by atoms with Crippen LogP contribution in [-0.4, -0.2) is 25.0 Å². The lowest BCUT2D eigenvalue weighted by Crippen LogP contribution is -2.40. The van der Waals surface area contributed by atoms with Crippen molar-refractivity contribution in [2.45, 2.75) is 26.2 Å². The molecule has 0 saturated heterocycles. The van der Waals surface area contributed by atoms with Gasteiger partial charge in [-0.1, -0.05) is 60.2 Å². The summed E-state index contributed by atoms with van der Waals surface area (Å²) >= 11 is 0. The molecule has 0 radical (unpaired) electrons. The zero-order valence-electron chi connectivity index (χ0n) is 17.6. The van der Waals surface area contributed by atoms with Crippen molar-refractivity contribution >= 4 is 23.2 Å². The molecule has 5 heteroatoms. The average Bonchev–Trinajstić information content (AvgIpc) is 2.79. The van der Waals surface area contributed by atoms with Gasteiger partial charge in [0.2, 0.25) is 5.91 Å². The first kappa shape index (κ1) is 20.7. The van der Waals surface area contributed by atoms with E-state index in [2.05, 4.69) is 41.7 Å². The van der Waals surface area contributed by atoms with E-state index in [1.165, 1.54) is 11.1 Å². The van der Waals surface area contributed by atoms with Crippen molar-refractivity contribution in [2.24, 2.45) is 0 Å². The molecule has 3 aromatic carbocycles. The maximum Gasteiger partial charge on any atom is 0.265 e. The molecule has 1 aliphatic rings. The second kappa shape index (κ2) is 9.47. The fourth-order valence-electron chi connectivity index (χ4n) is 3.65. The molecule has 1 aliphatic heterocycles. The average molecular weight is 415 g/mol. The predicted octanol–water partition coefficient (Wildman–Crippen LogP) is 4.53. The summed E-state index contributed by atoms with van der Waals surface area (Å²) < 4.78 is 5.59. The van der Waals surface area contributed by atoms with Crippen LogP contribution in [-0.2, 0) is 22.4 Å². The highest BCUT2D eigenvalue weighted by molar-refractivity contribution is 5.99. The van der Waals surface area contributed by atoms with Gasteiger partial charge in [0.05, 0.1) is 5.69 Å². The summed E-state index contributed by atoms with van der Waals surface area (Å²) in [5.74, 6) is 0.524. The number of benzene rings is 3. The van der Waals surface area contributed by atoms with Gasteiger partial charge in [0.15, 0.2) is 6.61 Å². The fourth-order valence-corrected chi connectivity index (χ4v) is 3.65. The molecule has 0 atom stereocenters. The van der Waals surface area contributed by atoms with Gasteiger partial charge in [0.25, 0.3) is 5.91 Å². The molecule has 0 aromatic heterocycles. The van der Waals surface area contributed by atoms with Gasteiger partial charge in [-0.2, -0.15) is 0 Å². The van der Waals surface area contributed by atoms with Crippen molar-refractivity contribution in [3.05, 3.63) is 89.5 Å². The summed E-state index contributed by atoms with van der Waals surface area (Å²) in [4.78, 5) is 26.7. The van der Waals surface area contributed by atoms with Gasteiger partial charge in [0, 0.05) is 18.7 Å². The zero-order valence-corrected chi connectivity index (χ0v) is 17.6. The quantitative estimate of drug-likeness (QED) is 0.618. The molecule has 0 fully saturated rings. The van der Waals surface area contributed by atoms with Crippen LogP contribution in [0.15, 0.2) is 72.8 Å². The Morgan fingerprint density at radius 3 is 2.48 bits per heavy atom. The number of nitrogens with one attached hydrogen (secondary N) is 1. The van der Waals surface area contributed by atoms with Crippen LogP contribution < -0.4 is 15.0 Å². The molecule has 5 nitrogen and oxygen atoms in total. The summed E-state index contributed by atoms with van der Waals surface area (Å²) in [5, 5.41) is 2.95. The smallest absolute Gasteiger partial charge is 0.265 e. The molecular weight excluding hydrogens is 388 g/mol. The SMILES string of the molecule is Cc1ccc(CCC(=O)Nc2ccc3c(c2)N(CCc2ccccc2)C(=O)CO3)cc1. The number of carbonyl (C=O) groups excluding carboxylic acids is 2. The van der Waals surface area contributed by atoms with Crippen LogP contribution in [0, 0.1) is 6.92 Å². The number of ether oxygens (including phenoxy) is 1. The van der Waals surface area contributed by atoms with Crippen LogP contribution in [0.2, 0.25) is 0 Å². The van der Waals surface area contributed by atoms with Crippen molar-refractivity contribution in [2.75, 3.05) is 23.4 Å². The number of hydrogen-bond acceptors (Lipinski definition) is 3. The van der Waals surface area contributed by atoms with Crippen LogP contribution in [0.25, 0.3) is 0 Å². The monoisotopic (exact) mass is 414 g/mol. The molecule has 4 rings (SSSR count). The number of anilines is 2. The lowest BCUT2D eigenvalue weighted by Gasteiger charge is -2.30. The Hall–Kier alpha value is -3.60. The Morgan fingerprint density at radius 2 is 1.71 bits per heavy atom. The minimum absolute atomic E-state index is 0.0318. The van der Waals surface area contributed by atoms with Crippen molar-refractivity contribution in [1.29, 1.82) is 0 Å². The maximum absolute atomic E-state index is 12.5. The largest absolute Gasteiger partial charge is 0.482 e. The lowest BCUT2D eigenvalue weighted by atomic mass is 10.1. The first-order chi connectivity index (χ1) is 15.1. The second-order valence-electron chi connectivity index (χ2n) is 7.79. The maximum atomic E-state index is 12.5. The highest BCUT2D eigenvalue weighted by Crippen LogP contribution is 2.34. The molecule has 1 N–H and O–H groups in total. The van der Waals surface area contributed by atoms with Crippen molar-refractivity contribution in [3.8, 4) is 5.75 Å². The Kier molecular flexibility index (Phi) is 6.32. The number of nitrogens with zero attached hydrogens (tertiary/aromatic N) is 1. The number of fused-ring (bicyclic) bond motifs is 1. The van der Waals surface area contributed by atoms with Crippen molar-refractivity contribution in [3.63, 3.8) is 0 Å². The highest BCUT2D eigenvalue weighted by Gasteiger charge is 2.25. The number of rotatable bonds is 7. The first-order valence-corrected chi connectivity index (χ1v) is 10.5. The van der Waals surface area contributed by atoms with E-state index in [9.17, 15) is 9.59 Å². The van der Waals surface area contributed by atoms with E-state index < -0.39 is 0 Å². The molecule has 0 bridgehead atoms. The van der Waals surface area contributed by atoms with Crippen LogP contribution in [0.1, 0.15) is 23.1 Å². The van der Waals surface area contributed by atoms with Crippen LogP contribution in [0.5, 0.6) is 5.75 Å². The van der Waals surface area contributed by atoms with Gasteiger partial charge < -0.3 is 15.0 Å². The molecule has 158 valence electrons. The predicted molar refractivity (Wildman–Crippen MR) is 123 cm³/mol. The molecule has 0 unspecified atom stereocenters. The molecule has 31 heavy (non-hydrogen) atoms. The molecular formula is C26H26N2O3. The van der Waals surface area contributed by atoms with Gasteiger partial charge in [-0.25, -0.2) is 0 Å². The fraction of sp³-hybridized carbons (Fsp3) is 0.231. The normalized spacial score (nSPS) is 12.8. The van der Waals surface area contributed by atoms with Gasteiger partial charge in [0.1, 0.15) is 5.75 Å². The third-order valence-corrected chi connectivity index (χ3v) is 5.41. The standard InChI is InChI=1S/C26H26N2O3/c1-19-7-9-21(10-8-19)11-14-25(29)27-22-12-13-24-23(17-22)28(26(30)18-31-24)16-15-20-5-3-2-4-6-20/h2-10,12-13,17H,11,14-16,18H2,1H3,(H,27,29). The Balaban J connectivity index is 1.42. The third kappa shape index (κ3) is 5.31. The van der Waals surface area contributed by atoms with E-state index in [1.807, 2.05) is 43.3 Å². The summed E-state index contributed by atoms with van der Waals surface area (Å²) in [6, 6.07) is 23.7. The topological polar surface area (TPSA) is 58.6 Å². The van der Waals surface area contributed by atoms with Crippen molar-refractivity contribution in [1.82, 2.24) is 0 Å². The number of carbonyl (C=O) groups is 2. The minimum atomic E-state index is -0.0775.